The van der Waals surface area contributed by atoms with E-state index in [-0.39, 0.29) is 17.6 Å². The zero-order chi connectivity index (χ0) is 17.1. The Morgan fingerprint density at radius 3 is 2.96 bits per heavy atom. The predicted molar refractivity (Wildman–Crippen MR) is 91.5 cm³/mol. The van der Waals surface area contributed by atoms with E-state index in [2.05, 4.69) is 15.3 Å². The number of aromatic nitrogens is 2. The Kier molecular flexibility index (Phi) is 4.74. The maximum Gasteiger partial charge on any atom is 0.229 e. The van der Waals surface area contributed by atoms with E-state index < -0.39 is 0 Å². The predicted octanol–water partition coefficient (Wildman–Crippen LogP) is 3.09. The Bertz CT molecular complexity index is 750. The summed E-state index contributed by atoms with van der Waals surface area (Å²) in [6.45, 7) is 5.19. The van der Waals surface area contributed by atoms with Crippen molar-refractivity contribution in [3.63, 3.8) is 0 Å². The van der Waals surface area contributed by atoms with Crippen molar-refractivity contribution in [2.24, 2.45) is 5.92 Å². The van der Waals surface area contributed by atoms with E-state index in [4.69, 9.17) is 0 Å². The maximum absolute atomic E-state index is 13.4. The van der Waals surface area contributed by atoms with Crippen LogP contribution in [0.25, 0.3) is 0 Å². The van der Waals surface area contributed by atoms with Gasteiger partial charge in [-0.2, -0.15) is 0 Å². The number of halogens is 1. The first-order chi connectivity index (χ1) is 11.5. The standard InChI is InChI=1S/C18H21FN4O/c1-12-5-6-15(19)10-16(12)22-17(24)14-4-3-9-23(11-14)18-20-8-7-13(2)21-18/h5-8,10,14H,3-4,9,11H2,1-2H3,(H,22,24)/t14-/m1/s1. The largest absolute Gasteiger partial charge is 0.340 e. The van der Waals surface area contributed by atoms with Gasteiger partial charge in [0.2, 0.25) is 11.9 Å². The minimum atomic E-state index is -0.352. The summed E-state index contributed by atoms with van der Waals surface area (Å²) in [5, 5.41) is 2.86. The van der Waals surface area contributed by atoms with Crippen LogP contribution in [0.3, 0.4) is 0 Å². The van der Waals surface area contributed by atoms with Crippen molar-refractivity contribution in [2.75, 3.05) is 23.3 Å². The molecule has 1 amide bonds. The molecule has 0 bridgehead atoms. The Labute approximate surface area is 140 Å². The van der Waals surface area contributed by atoms with Crippen LogP contribution in [0.1, 0.15) is 24.1 Å². The average Bonchev–Trinajstić information content (AvgIpc) is 2.58. The van der Waals surface area contributed by atoms with Crippen LogP contribution in [0.5, 0.6) is 0 Å². The number of rotatable bonds is 3. The van der Waals surface area contributed by atoms with Gasteiger partial charge in [0, 0.05) is 30.7 Å². The third kappa shape index (κ3) is 3.69. The molecule has 3 rings (SSSR count). The van der Waals surface area contributed by atoms with E-state index in [1.165, 1.54) is 12.1 Å². The summed E-state index contributed by atoms with van der Waals surface area (Å²) in [4.78, 5) is 23.3. The van der Waals surface area contributed by atoms with Crippen molar-refractivity contribution >= 4 is 17.5 Å². The molecule has 0 unspecified atom stereocenters. The van der Waals surface area contributed by atoms with Crippen molar-refractivity contribution in [3.8, 4) is 0 Å². The molecule has 2 heterocycles. The van der Waals surface area contributed by atoms with E-state index in [1.54, 1.807) is 12.3 Å². The first kappa shape index (κ1) is 16.4. The fourth-order valence-corrected chi connectivity index (χ4v) is 2.92. The molecule has 24 heavy (non-hydrogen) atoms. The van der Waals surface area contributed by atoms with Crippen molar-refractivity contribution in [2.45, 2.75) is 26.7 Å². The Balaban J connectivity index is 1.70. The summed E-state index contributed by atoms with van der Waals surface area (Å²) in [5.74, 6) is 0.0651. The van der Waals surface area contributed by atoms with Gasteiger partial charge < -0.3 is 10.2 Å². The first-order valence-corrected chi connectivity index (χ1v) is 8.14. The lowest BCUT2D eigenvalue weighted by Gasteiger charge is -2.32. The summed E-state index contributed by atoms with van der Waals surface area (Å²) in [5.41, 5.74) is 2.28. The fourth-order valence-electron chi connectivity index (χ4n) is 2.92. The van der Waals surface area contributed by atoms with Crippen molar-refractivity contribution in [1.82, 2.24) is 9.97 Å². The highest BCUT2D eigenvalue weighted by molar-refractivity contribution is 5.93. The number of carbonyl (C=O) groups is 1. The molecule has 0 aliphatic carbocycles. The fraction of sp³-hybridized carbons (Fsp3) is 0.389. The second-order valence-electron chi connectivity index (χ2n) is 6.23. The average molecular weight is 328 g/mol. The number of nitrogens with zero attached hydrogens (tertiary/aromatic N) is 3. The van der Waals surface area contributed by atoms with Gasteiger partial charge in [-0.05, 0) is 50.5 Å². The molecule has 5 nitrogen and oxygen atoms in total. The molecule has 1 aliphatic rings. The lowest BCUT2D eigenvalue weighted by molar-refractivity contribution is -0.120. The van der Waals surface area contributed by atoms with Gasteiger partial charge in [0.05, 0.1) is 5.92 Å². The molecule has 1 atom stereocenters. The highest BCUT2D eigenvalue weighted by Crippen LogP contribution is 2.23. The number of hydrogen-bond acceptors (Lipinski definition) is 4. The third-order valence-corrected chi connectivity index (χ3v) is 4.31. The van der Waals surface area contributed by atoms with Crippen LogP contribution in [0.15, 0.2) is 30.5 Å². The molecule has 6 heteroatoms. The lowest BCUT2D eigenvalue weighted by atomic mass is 9.97. The lowest BCUT2D eigenvalue weighted by Crippen LogP contribution is -2.41. The minimum Gasteiger partial charge on any atom is -0.340 e. The van der Waals surface area contributed by atoms with E-state index >= 15 is 0 Å². The van der Waals surface area contributed by atoms with Gasteiger partial charge in [-0.15, -0.1) is 0 Å². The van der Waals surface area contributed by atoms with E-state index in [0.717, 1.165) is 30.6 Å². The zero-order valence-corrected chi connectivity index (χ0v) is 13.9. The molecule has 1 N–H and O–H groups in total. The first-order valence-electron chi connectivity index (χ1n) is 8.14. The molecule has 1 aromatic heterocycles. The molecular weight excluding hydrogens is 307 g/mol. The highest BCUT2D eigenvalue weighted by atomic mass is 19.1. The third-order valence-electron chi connectivity index (χ3n) is 4.31. The van der Waals surface area contributed by atoms with Crippen LogP contribution in [0.4, 0.5) is 16.0 Å². The summed E-state index contributed by atoms with van der Waals surface area (Å²) < 4.78 is 13.4. The smallest absolute Gasteiger partial charge is 0.229 e. The number of hydrogen-bond donors (Lipinski definition) is 1. The van der Waals surface area contributed by atoms with Crippen LogP contribution in [-0.2, 0) is 4.79 Å². The molecule has 0 radical (unpaired) electrons. The number of nitrogens with one attached hydrogen (secondary N) is 1. The van der Waals surface area contributed by atoms with Crippen LogP contribution in [0, 0.1) is 25.6 Å². The number of benzene rings is 1. The Morgan fingerprint density at radius 1 is 1.33 bits per heavy atom. The Morgan fingerprint density at radius 2 is 2.17 bits per heavy atom. The second-order valence-corrected chi connectivity index (χ2v) is 6.23. The topological polar surface area (TPSA) is 58.1 Å². The molecule has 2 aromatic rings. The number of amides is 1. The molecule has 1 saturated heterocycles. The number of carbonyl (C=O) groups excluding carboxylic acids is 1. The highest BCUT2D eigenvalue weighted by Gasteiger charge is 2.27. The summed E-state index contributed by atoms with van der Waals surface area (Å²) in [6, 6.07) is 6.27. The SMILES string of the molecule is Cc1ccnc(N2CCC[C@@H](C(=O)Nc3cc(F)ccc3C)C2)n1. The molecule has 1 aromatic carbocycles. The monoisotopic (exact) mass is 328 g/mol. The van der Waals surface area contributed by atoms with Gasteiger partial charge in [0.25, 0.3) is 0 Å². The van der Waals surface area contributed by atoms with Gasteiger partial charge in [0.1, 0.15) is 5.82 Å². The van der Waals surface area contributed by atoms with Gasteiger partial charge in [0.15, 0.2) is 0 Å². The summed E-state index contributed by atoms with van der Waals surface area (Å²) in [6.07, 6.45) is 3.44. The van der Waals surface area contributed by atoms with E-state index in [1.807, 2.05) is 24.8 Å². The van der Waals surface area contributed by atoms with Gasteiger partial charge in [-0.25, -0.2) is 14.4 Å². The van der Waals surface area contributed by atoms with Gasteiger partial charge in [-0.3, -0.25) is 4.79 Å². The van der Waals surface area contributed by atoms with E-state index in [9.17, 15) is 9.18 Å². The quantitative estimate of drug-likeness (QED) is 0.941. The minimum absolute atomic E-state index is 0.0824. The number of anilines is 2. The van der Waals surface area contributed by atoms with Crippen molar-refractivity contribution < 1.29 is 9.18 Å². The normalized spacial score (nSPS) is 17.6. The van der Waals surface area contributed by atoms with Crippen LogP contribution < -0.4 is 10.2 Å². The second kappa shape index (κ2) is 6.95. The van der Waals surface area contributed by atoms with Crippen molar-refractivity contribution in [3.05, 3.63) is 47.5 Å². The Hall–Kier alpha value is -2.50. The summed E-state index contributed by atoms with van der Waals surface area (Å²) in [7, 11) is 0. The van der Waals surface area contributed by atoms with Crippen molar-refractivity contribution in [1.29, 1.82) is 0 Å². The summed E-state index contributed by atoms with van der Waals surface area (Å²) >= 11 is 0. The maximum atomic E-state index is 13.4. The van der Waals surface area contributed by atoms with Crippen LogP contribution in [0.2, 0.25) is 0 Å². The molecule has 1 fully saturated rings. The molecule has 0 spiro atoms. The molecule has 0 saturated carbocycles. The van der Waals surface area contributed by atoms with Gasteiger partial charge in [-0.1, -0.05) is 6.07 Å². The molecule has 1 aliphatic heterocycles. The molecular formula is C18H21FN4O. The van der Waals surface area contributed by atoms with Crippen LogP contribution >= 0.6 is 0 Å². The zero-order valence-electron chi connectivity index (χ0n) is 13.9. The number of piperidine rings is 1. The van der Waals surface area contributed by atoms with Crippen LogP contribution in [-0.4, -0.2) is 29.0 Å². The van der Waals surface area contributed by atoms with Gasteiger partial charge >= 0.3 is 0 Å². The number of aryl methyl sites for hydroxylation is 2. The van der Waals surface area contributed by atoms with E-state index in [0.29, 0.717) is 18.2 Å². The molecule has 126 valence electrons.